The zero-order valence-corrected chi connectivity index (χ0v) is 15.2. The van der Waals surface area contributed by atoms with Crippen LogP contribution in [0.3, 0.4) is 0 Å². The molecule has 0 saturated heterocycles. The van der Waals surface area contributed by atoms with Gasteiger partial charge in [0.25, 0.3) is 0 Å². The second-order valence-electron chi connectivity index (χ2n) is 6.48. The van der Waals surface area contributed by atoms with Crippen LogP contribution in [-0.2, 0) is 4.74 Å². The van der Waals surface area contributed by atoms with Crippen LogP contribution in [0.15, 0.2) is 67.0 Å². The topological polar surface area (TPSA) is 90.1 Å². The average molecular weight is 372 g/mol. The van der Waals surface area contributed by atoms with E-state index in [9.17, 15) is 4.79 Å². The second-order valence-corrected chi connectivity index (χ2v) is 6.48. The van der Waals surface area contributed by atoms with Crippen molar-refractivity contribution in [2.45, 2.75) is 5.92 Å². The maximum absolute atomic E-state index is 12.1. The summed E-state index contributed by atoms with van der Waals surface area (Å²) in [6, 6.07) is 16.5. The number of amides is 1. The molecule has 3 N–H and O–H groups in total. The Hall–Kier alpha value is -3.67. The van der Waals surface area contributed by atoms with E-state index in [1.165, 1.54) is 22.3 Å². The molecule has 1 aliphatic carbocycles. The largest absolute Gasteiger partial charge is 0.449 e. The Morgan fingerprint density at radius 1 is 1.04 bits per heavy atom. The van der Waals surface area contributed by atoms with Crippen LogP contribution in [0, 0.1) is 0 Å². The van der Waals surface area contributed by atoms with Gasteiger partial charge in [-0.05, 0) is 22.3 Å². The summed E-state index contributed by atoms with van der Waals surface area (Å²) in [5, 5.41) is 2.72. The van der Waals surface area contributed by atoms with E-state index in [4.69, 9.17) is 10.5 Å². The number of nitrogens with zero attached hydrogens (tertiary/aromatic N) is 2. The Morgan fingerprint density at radius 2 is 1.64 bits per heavy atom. The first-order valence-electron chi connectivity index (χ1n) is 9.05. The van der Waals surface area contributed by atoms with Crippen molar-refractivity contribution >= 4 is 18.1 Å². The lowest BCUT2D eigenvalue weighted by atomic mass is 9.98. The monoisotopic (exact) mass is 372 g/mol. The predicted octanol–water partition coefficient (Wildman–Crippen LogP) is 3.61. The third-order valence-electron chi connectivity index (χ3n) is 4.71. The van der Waals surface area contributed by atoms with Gasteiger partial charge in [0.2, 0.25) is 5.95 Å². The van der Waals surface area contributed by atoms with Gasteiger partial charge in [-0.25, -0.2) is 14.8 Å². The molecule has 4 rings (SSSR count). The summed E-state index contributed by atoms with van der Waals surface area (Å²) in [5.41, 5.74) is 11.1. The molecular weight excluding hydrogens is 352 g/mol. The van der Waals surface area contributed by atoms with Gasteiger partial charge >= 0.3 is 6.09 Å². The third-order valence-corrected chi connectivity index (χ3v) is 4.71. The molecule has 140 valence electrons. The number of carbonyl (C=O) groups is 1. The van der Waals surface area contributed by atoms with Crippen molar-refractivity contribution in [1.82, 2.24) is 15.3 Å². The minimum atomic E-state index is -0.444. The van der Waals surface area contributed by atoms with Gasteiger partial charge in [0.1, 0.15) is 6.61 Å². The number of alkyl carbamates (subject to hydrolysis) is 1. The van der Waals surface area contributed by atoms with Crippen LogP contribution in [0.2, 0.25) is 0 Å². The molecule has 2 aromatic carbocycles. The molecule has 1 aromatic heterocycles. The number of nitrogens with two attached hydrogens (primary N) is 1. The molecule has 0 radical (unpaired) electrons. The Kier molecular flexibility index (Phi) is 5.01. The number of ether oxygens (including phenoxy) is 1. The summed E-state index contributed by atoms with van der Waals surface area (Å²) in [6.07, 6.45) is 6.40. The Morgan fingerprint density at radius 3 is 2.29 bits per heavy atom. The summed E-state index contributed by atoms with van der Waals surface area (Å²) in [6.45, 7) is 0.649. The minimum Gasteiger partial charge on any atom is -0.449 e. The fraction of sp³-hybridized carbons (Fsp3) is 0.136. The molecule has 0 saturated carbocycles. The molecule has 28 heavy (non-hydrogen) atoms. The number of fused-ring (bicyclic) bond motifs is 3. The normalized spacial score (nSPS) is 12.6. The molecular formula is C22H20N4O2. The molecule has 0 unspecified atom stereocenters. The molecule has 0 fully saturated rings. The van der Waals surface area contributed by atoms with E-state index in [1.54, 1.807) is 18.5 Å². The van der Waals surface area contributed by atoms with Crippen LogP contribution in [-0.4, -0.2) is 29.2 Å². The lowest BCUT2D eigenvalue weighted by Crippen LogP contribution is -2.26. The van der Waals surface area contributed by atoms with Crippen LogP contribution in [0.25, 0.3) is 17.2 Å². The van der Waals surface area contributed by atoms with E-state index in [0.29, 0.717) is 13.2 Å². The summed E-state index contributed by atoms with van der Waals surface area (Å²) < 4.78 is 5.48. The van der Waals surface area contributed by atoms with Gasteiger partial charge in [0.05, 0.1) is 0 Å². The van der Waals surface area contributed by atoms with Crippen LogP contribution in [0.5, 0.6) is 0 Å². The molecule has 0 atom stereocenters. The number of benzene rings is 2. The highest BCUT2D eigenvalue weighted by Crippen LogP contribution is 2.44. The molecule has 0 aliphatic heterocycles. The van der Waals surface area contributed by atoms with Crippen molar-refractivity contribution in [3.8, 4) is 11.1 Å². The summed E-state index contributed by atoms with van der Waals surface area (Å²) in [7, 11) is 0. The predicted molar refractivity (Wildman–Crippen MR) is 109 cm³/mol. The fourth-order valence-electron chi connectivity index (χ4n) is 3.42. The Labute approximate surface area is 163 Å². The van der Waals surface area contributed by atoms with Gasteiger partial charge in [-0.3, -0.25) is 0 Å². The van der Waals surface area contributed by atoms with E-state index in [2.05, 4.69) is 39.6 Å². The van der Waals surface area contributed by atoms with Crippen molar-refractivity contribution < 1.29 is 9.53 Å². The van der Waals surface area contributed by atoms with Gasteiger partial charge < -0.3 is 15.8 Å². The number of hydrogen-bond donors (Lipinski definition) is 2. The van der Waals surface area contributed by atoms with Gasteiger partial charge in [-0.1, -0.05) is 60.7 Å². The molecule has 1 amide bonds. The van der Waals surface area contributed by atoms with Crippen LogP contribution < -0.4 is 11.1 Å². The van der Waals surface area contributed by atoms with E-state index in [1.807, 2.05) is 30.3 Å². The van der Waals surface area contributed by atoms with E-state index < -0.39 is 6.09 Å². The SMILES string of the molecule is Nc1ncc(C=CCNC(=O)OCC2c3ccccc3-c3ccccc32)cn1. The van der Waals surface area contributed by atoms with Crippen molar-refractivity contribution in [3.63, 3.8) is 0 Å². The van der Waals surface area contributed by atoms with Crippen molar-refractivity contribution in [3.05, 3.63) is 83.7 Å². The number of rotatable bonds is 5. The van der Waals surface area contributed by atoms with Crippen LogP contribution >= 0.6 is 0 Å². The number of nitrogen functional groups attached to an aromatic ring is 1. The third kappa shape index (κ3) is 3.71. The fourth-order valence-corrected chi connectivity index (χ4v) is 3.42. The van der Waals surface area contributed by atoms with Crippen molar-refractivity contribution in [1.29, 1.82) is 0 Å². The zero-order chi connectivity index (χ0) is 19.3. The van der Waals surface area contributed by atoms with Gasteiger partial charge in [0, 0.05) is 30.4 Å². The minimum absolute atomic E-state index is 0.0561. The van der Waals surface area contributed by atoms with Crippen molar-refractivity contribution in [2.75, 3.05) is 18.9 Å². The first-order chi connectivity index (χ1) is 13.7. The van der Waals surface area contributed by atoms with Crippen LogP contribution in [0.1, 0.15) is 22.6 Å². The number of carbonyl (C=O) groups excluding carboxylic acids is 1. The summed E-state index contributed by atoms with van der Waals surface area (Å²) in [4.78, 5) is 19.9. The lowest BCUT2D eigenvalue weighted by Gasteiger charge is -2.14. The summed E-state index contributed by atoms with van der Waals surface area (Å²) >= 11 is 0. The quantitative estimate of drug-likeness (QED) is 0.714. The first kappa shape index (κ1) is 17.7. The standard InChI is InChI=1S/C22H20N4O2/c23-21-25-12-15(13-26-21)6-5-11-24-22(27)28-14-20-18-9-3-1-7-16(18)17-8-2-4-10-19(17)20/h1-10,12-13,20H,11,14H2,(H,24,27)(H2,23,25,26). The molecule has 1 heterocycles. The summed E-state index contributed by atoms with van der Waals surface area (Å²) in [5.74, 6) is 0.287. The maximum Gasteiger partial charge on any atom is 0.407 e. The average Bonchev–Trinajstić information content (AvgIpc) is 3.05. The Bertz CT molecular complexity index is 970. The van der Waals surface area contributed by atoms with Crippen molar-refractivity contribution in [2.24, 2.45) is 0 Å². The highest BCUT2D eigenvalue weighted by Gasteiger charge is 2.28. The molecule has 6 heteroatoms. The smallest absolute Gasteiger partial charge is 0.407 e. The number of nitrogens with one attached hydrogen (secondary N) is 1. The molecule has 0 spiro atoms. The first-order valence-corrected chi connectivity index (χ1v) is 9.05. The van der Waals surface area contributed by atoms with Crippen LogP contribution in [0.4, 0.5) is 10.7 Å². The number of hydrogen-bond acceptors (Lipinski definition) is 5. The number of anilines is 1. The lowest BCUT2D eigenvalue weighted by molar-refractivity contribution is 0.144. The molecule has 1 aliphatic rings. The zero-order valence-electron chi connectivity index (χ0n) is 15.2. The van der Waals surface area contributed by atoms with Gasteiger partial charge in [-0.2, -0.15) is 0 Å². The molecule has 6 nitrogen and oxygen atoms in total. The highest BCUT2D eigenvalue weighted by molar-refractivity contribution is 5.79. The molecule has 0 bridgehead atoms. The second kappa shape index (κ2) is 7.92. The van der Waals surface area contributed by atoms with E-state index in [0.717, 1.165) is 5.56 Å². The van der Waals surface area contributed by atoms with E-state index in [-0.39, 0.29) is 11.9 Å². The molecule has 3 aromatic rings. The van der Waals surface area contributed by atoms with Gasteiger partial charge in [-0.15, -0.1) is 0 Å². The number of aromatic nitrogens is 2. The Balaban J connectivity index is 1.33. The van der Waals surface area contributed by atoms with E-state index >= 15 is 0 Å². The van der Waals surface area contributed by atoms with Gasteiger partial charge in [0.15, 0.2) is 0 Å². The maximum atomic E-state index is 12.1. The highest BCUT2D eigenvalue weighted by atomic mass is 16.5.